The highest BCUT2D eigenvalue weighted by atomic mass is 127. The van der Waals surface area contributed by atoms with E-state index in [0.29, 0.717) is 50.9 Å². The van der Waals surface area contributed by atoms with Crippen molar-refractivity contribution >= 4 is 75.3 Å². The van der Waals surface area contributed by atoms with Crippen LogP contribution in [-0.2, 0) is 16.1 Å². The lowest BCUT2D eigenvalue weighted by atomic mass is 10.1. The van der Waals surface area contributed by atoms with E-state index in [1.165, 1.54) is 0 Å². The molecule has 0 N–H and O–H groups in total. The number of carbonyl (C=O) groups is 1. The van der Waals surface area contributed by atoms with Crippen LogP contribution in [0.4, 0.5) is 0 Å². The Morgan fingerprint density at radius 1 is 1.00 bits per heavy atom. The molecule has 3 aromatic rings. The molecule has 1 heterocycles. The van der Waals surface area contributed by atoms with E-state index in [0.717, 1.165) is 9.13 Å². The molecule has 3 aromatic carbocycles. The van der Waals surface area contributed by atoms with E-state index in [1.807, 2.05) is 31.2 Å². The third-order valence-electron chi connectivity index (χ3n) is 4.71. The molecule has 0 fully saturated rings. The highest BCUT2D eigenvalue weighted by molar-refractivity contribution is 14.1. The van der Waals surface area contributed by atoms with E-state index < -0.39 is 5.97 Å². The van der Waals surface area contributed by atoms with E-state index in [9.17, 15) is 4.79 Å². The maximum Gasteiger partial charge on any atom is 0.363 e. The first-order chi connectivity index (χ1) is 16.3. The minimum Gasteiger partial charge on any atom is -0.490 e. The highest BCUT2D eigenvalue weighted by Crippen LogP contribution is 2.38. The molecule has 4 rings (SSSR count). The normalized spacial score (nSPS) is 14.2. The van der Waals surface area contributed by atoms with Crippen LogP contribution in [0.25, 0.3) is 6.08 Å². The lowest BCUT2D eigenvalue weighted by Crippen LogP contribution is -2.06. The fourth-order valence-corrected chi connectivity index (χ4v) is 4.28. The van der Waals surface area contributed by atoms with Gasteiger partial charge in [-0.2, -0.15) is 0 Å². The Morgan fingerprint density at radius 2 is 1.76 bits per heavy atom. The number of carbonyl (C=O) groups excluding carboxylic acids is 1. The van der Waals surface area contributed by atoms with E-state index >= 15 is 0 Å². The fourth-order valence-electron chi connectivity index (χ4n) is 3.16. The highest BCUT2D eigenvalue weighted by Gasteiger charge is 2.26. The quantitative estimate of drug-likeness (QED) is 0.154. The van der Waals surface area contributed by atoms with Crippen LogP contribution in [0.3, 0.4) is 0 Å². The standard InChI is InChI=1S/C25H17Cl3INO4/c1-2-32-22-11-15(9-20(28)23(22)33-13-14-3-6-17(29)7-4-14)10-21-25(31)34-24(30-21)18-8-5-16(26)12-19(18)27/h3-12H,2,13H2,1H3/b21-10-. The monoisotopic (exact) mass is 627 g/mol. The summed E-state index contributed by atoms with van der Waals surface area (Å²) in [7, 11) is 0. The first-order valence-corrected chi connectivity index (χ1v) is 12.4. The van der Waals surface area contributed by atoms with E-state index in [1.54, 1.807) is 36.4 Å². The first-order valence-electron chi connectivity index (χ1n) is 10.2. The molecule has 0 amide bonds. The van der Waals surface area contributed by atoms with Crippen molar-refractivity contribution in [1.29, 1.82) is 0 Å². The van der Waals surface area contributed by atoms with Gasteiger partial charge in [0.15, 0.2) is 17.2 Å². The largest absolute Gasteiger partial charge is 0.490 e. The van der Waals surface area contributed by atoms with Crippen molar-refractivity contribution in [3.63, 3.8) is 0 Å². The Hall–Kier alpha value is -2.26. The summed E-state index contributed by atoms with van der Waals surface area (Å²) in [6.45, 7) is 2.61. The number of halogens is 4. The molecule has 0 aliphatic carbocycles. The van der Waals surface area contributed by atoms with Crippen LogP contribution in [0, 0.1) is 3.57 Å². The van der Waals surface area contributed by atoms with Crippen LogP contribution < -0.4 is 9.47 Å². The molecule has 0 bridgehead atoms. The molecule has 34 heavy (non-hydrogen) atoms. The Kier molecular flexibility index (Phi) is 8.03. The third kappa shape index (κ3) is 5.86. The van der Waals surface area contributed by atoms with Gasteiger partial charge in [-0.3, -0.25) is 0 Å². The minimum absolute atomic E-state index is 0.103. The molecule has 0 spiro atoms. The van der Waals surface area contributed by atoms with Gasteiger partial charge in [-0.15, -0.1) is 0 Å². The fraction of sp³-hybridized carbons (Fsp3) is 0.120. The summed E-state index contributed by atoms with van der Waals surface area (Å²) in [5, 5.41) is 1.15. The van der Waals surface area contributed by atoms with E-state index in [-0.39, 0.29) is 11.6 Å². The van der Waals surface area contributed by atoms with Crippen molar-refractivity contribution in [3.8, 4) is 11.5 Å². The van der Waals surface area contributed by atoms with Crippen LogP contribution in [0.15, 0.2) is 65.3 Å². The summed E-state index contributed by atoms with van der Waals surface area (Å²) in [5.41, 5.74) is 2.18. The molecule has 0 unspecified atom stereocenters. The van der Waals surface area contributed by atoms with Crippen LogP contribution >= 0.6 is 57.4 Å². The molecule has 174 valence electrons. The number of rotatable bonds is 7. The SMILES string of the molecule is CCOc1cc(/C=C2\N=C(c3ccc(Cl)cc3Cl)OC2=O)cc(Cl)c1OCc1ccc(I)cc1. The van der Waals surface area contributed by atoms with Crippen LogP contribution in [0.5, 0.6) is 11.5 Å². The molecule has 1 aliphatic rings. The van der Waals surface area contributed by atoms with E-state index in [4.69, 9.17) is 49.0 Å². The molecule has 0 saturated heterocycles. The van der Waals surface area contributed by atoms with Crippen molar-refractivity contribution in [1.82, 2.24) is 0 Å². The van der Waals surface area contributed by atoms with Gasteiger partial charge in [0, 0.05) is 8.59 Å². The van der Waals surface area contributed by atoms with Gasteiger partial charge >= 0.3 is 5.97 Å². The second-order valence-electron chi connectivity index (χ2n) is 7.14. The molecule has 1 aliphatic heterocycles. The summed E-state index contributed by atoms with van der Waals surface area (Å²) in [4.78, 5) is 16.7. The topological polar surface area (TPSA) is 57.1 Å². The maximum atomic E-state index is 12.4. The molecule has 0 aromatic heterocycles. The van der Waals surface area contributed by atoms with E-state index in [2.05, 4.69) is 27.6 Å². The Balaban J connectivity index is 1.61. The zero-order chi connectivity index (χ0) is 24.2. The average Bonchev–Trinajstić information content (AvgIpc) is 3.14. The van der Waals surface area contributed by atoms with Crippen LogP contribution in [0.2, 0.25) is 15.1 Å². The van der Waals surface area contributed by atoms with Crippen molar-refractivity contribution in [2.75, 3.05) is 6.61 Å². The number of cyclic esters (lactones) is 1. The zero-order valence-corrected chi connectivity index (χ0v) is 22.2. The number of hydrogen-bond donors (Lipinski definition) is 0. The summed E-state index contributed by atoms with van der Waals surface area (Å²) >= 11 is 20.9. The number of benzene rings is 3. The van der Waals surface area contributed by atoms with Gasteiger partial charge in [-0.1, -0.05) is 46.9 Å². The Morgan fingerprint density at radius 3 is 2.47 bits per heavy atom. The average molecular weight is 629 g/mol. The van der Waals surface area contributed by atoms with Gasteiger partial charge < -0.3 is 14.2 Å². The summed E-state index contributed by atoms with van der Waals surface area (Å²) in [5.74, 6) is 0.389. The Labute approximate surface area is 225 Å². The summed E-state index contributed by atoms with van der Waals surface area (Å²) in [6, 6.07) is 16.2. The molecular formula is C25H17Cl3INO4. The lowest BCUT2D eigenvalue weighted by molar-refractivity contribution is -0.129. The van der Waals surface area contributed by atoms with Crippen LogP contribution in [0.1, 0.15) is 23.6 Å². The molecule has 9 heteroatoms. The molecule has 0 saturated carbocycles. The summed E-state index contributed by atoms with van der Waals surface area (Å²) < 4.78 is 18.2. The minimum atomic E-state index is -0.603. The van der Waals surface area contributed by atoms with Gasteiger partial charge in [0.05, 0.1) is 22.2 Å². The third-order valence-corrected chi connectivity index (χ3v) is 6.26. The molecule has 5 nitrogen and oxygen atoms in total. The Bertz CT molecular complexity index is 1310. The van der Waals surface area contributed by atoms with Crippen molar-refractivity contribution in [2.24, 2.45) is 4.99 Å². The van der Waals surface area contributed by atoms with Crippen molar-refractivity contribution in [2.45, 2.75) is 13.5 Å². The summed E-state index contributed by atoms with van der Waals surface area (Å²) in [6.07, 6.45) is 1.57. The number of nitrogens with zero attached hydrogens (tertiary/aromatic N) is 1. The molecular weight excluding hydrogens is 612 g/mol. The second kappa shape index (κ2) is 11.0. The van der Waals surface area contributed by atoms with Gasteiger partial charge in [-0.05, 0) is 89.2 Å². The van der Waals surface area contributed by atoms with Crippen LogP contribution in [-0.4, -0.2) is 18.5 Å². The van der Waals surface area contributed by atoms with Gasteiger partial charge in [0.1, 0.15) is 6.61 Å². The van der Waals surface area contributed by atoms with Gasteiger partial charge in [0.2, 0.25) is 5.90 Å². The number of esters is 1. The van der Waals surface area contributed by atoms with Gasteiger partial charge in [-0.25, -0.2) is 9.79 Å². The van der Waals surface area contributed by atoms with Gasteiger partial charge in [0.25, 0.3) is 0 Å². The second-order valence-corrected chi connectivity index (χ2v) is 9.63. The molecule has 0 atom stereocenters. The molecule has 0 radical (unpaired) electrons. The van der Waals surface area contributed by atoms with Crippen molar-refractivity contribution < 1.29 is 19.0 Å². The maximum absolute atomic E-state index is 12.4. The number of hydrogen-bond acceptors (Lipinski definition) is 5. The lowest BCUT2D eigenvalue weighted by Gasteiger charge is -2.14. The predicted octanol–water partition coefficient (Wildman–Crippen LogP) is 7.57. The number of ether oxygens (including phenoxy) is 3. The smallest absolute Gasteiger partial charge is 0.363 e. The number of aliphatic imine (C=N–C) groups is 1. The zero-order valence-electron chi connectivity index (χ0n) is 17.8. The predicted molar refractivity (Wildman–Crippen MR) is 143 cm³/mol. The van der Waals surface area contributed by atoms with Crippen molar-refractivity contribution in [3.05, 3.63) is 95.6 Å². The first kappa shape index (κ1) is 24.9.